The molecule has 0 aromatic carbocycles. The molecule has 3 aliphatic rings. The molecule has 1 N–H and O–H groups in total. The van der Waals surface area contributed by atoms with Gasteiger partial charge in [0.15, 0.2) is 0 Å². The van der Waals surface area contributed by atoms with Crippen LogP contribution in [0.2, 0.25) is 0 Å². The molecule has 2 unspecified atom stereocenters. The summed E-state index contributed by atoms with van der Waals surface area (Å²) in [5, 5.41) is 3.46. The van der Waals surface area contributed by atoms with Gasteiger partial charge in [0.1, 0.15) is 0 Å². The van der Waals surface area contributed by atoms with Crippen LogP contribution in [0.25, 0.3) is 0 Å². The van der Waals surface area contributed by atoms with E-state index in [0.29, 0.717) is 6.04 Å². The van der Waals surface area contributed by atoms with Crippen LogP contribution in [0.5, 0.6) is 0 Å². The molecule has 2 aliphatic carbocycles. The van der Waals surface area contributed by atoms with E-state index in [1.54, 1.807) is 4.90 Å². The van der Waals surface area contributed by atoms with Crippen LogP contribution < -0.4 is 5.32 Å². The standard InChI is InChI=1S/C15H24N2O2/c1-4-16-9-5-7-10(8-6-9)17-13(18)11-12(14(17)19)15(11,2)3/h9-12,16H,4-8H2,1-3H3. The minimum atomic E-state index is -0.0777. The van der Waals surface area contributed by atoms with Crippen LogP contribution in [0.15, 0.2) is 0 Å². The Balaban J connectivity index is 1.63. The molecule has 106 valence electrons. The van der Waals surface area contributed by atoms with E-state index in [1.165, 1.54) is 0 Å². The number of nitrogens with one attached hydrogen (secondary N) is 1. The highest BCUT2D eigenvalue weighted by Gasteiger charge is 2.73. The predicted octanol–water partition coefficient (Wildman–Crippen LogP) is 1.55. The van der Waals surface area contributed by atoms with Crippen LogP contribution in [-0.2, 0) is 9.59 Å². The van der Waals surface area contributed by atoms with E-state index in [2.05, 4.69) is 12.2 Å². The van der Waals surface area contributed by atoms with Gasteiger partial charge in [-0.1, -0.05) is 20.8 Å². The first kappa shape index (κ1) is 13.1. The number of hydrogen-bond donors (Lipinski definition) is 1. The first-order valence-electron chi connectivity index (χ1n) is 7.58. The van der Waals surface area contributed by atoms with Crippen molar-refractivity contribution < 1.29 is 9.59 Å². The van der Waals surface area contributed by atoms with Gasteiger partial charge in [-0.3, -0.25) is 14.5 Å². The Morgan fingerprint density at radius 1 is 1.11 bits per heavy atom. The van der Waals surface area contributed by atoms with Gasteiger partial charge in [0.2, 0.25) is 11.8 Å². The zero-order chi connectivity index (χ0) is 13.8. The van der Waals surface area contributed by atoms with Crippen LogP contribution >= 0.6 is 0 Å². The number of rotatable bonds is 3. The quantitative estimate of drug-likeness (QED) is 0.787. The lowest BCUT2D eigenvalue weighted by molar-refractivity contribution is -0.146. The third-order valence-electron chi connectivity index (χ3n) is 5.39. The summed E-state index contributed by atoms with van der Waals surface area (Å²) in [6.45, 7) is 7.19. The van der Waals surface area contributed by atoms with Crippen LogP contribution in [0.1, 0.15) is 46.5 Å². The number of carbonyl (C=O) groups excluding carboxylic acids is 2. The minimum absolute atomic E-state index is 0.0218. The van der Waals surface area contributed by atoms with Crippen molar-refractivity contribution >= 4 is 11.8 Å². The summed E-state index contributed by atoms with van der Waals surface area (Å²) in [5.41, 5.74) is -0.0777. The van der Waals surface area contributed by atoms with Gasteiger partial charge in [-0.2, -0.15) is 0 Å². The SMILES string of the molecule is CCNC1CCC(N2C(=O)C3C(C2=O)C3(C)C)CC1. The predicted molar refractivity (Wildman–Crippen MR) is 72.3 cm³/mol. The first-order chi connectivity index (χ1) is 8.98. The van der Waals surface area contributed by atoms with Gasteiger partial charge in [0.25, 0.3) is 0 Å². The van der Waals surface area contributed by atoms with Crippen molar-refractivity contribution in [2.75, 3.05) is 6.54 Å². The molecule has 1 saturated heterocycles. The van der Waals surface area contributed by atoms with Crippen molar-refractivity contribution in [1.82, 2.24) is 10.2 Å². The third-order valence-corrected chi connectivity index (χ3v) is 5.39. The largest absolute Gasteiger partial charge is 0.314 e. The maximum atomic E-state index is 12.4. The third kappa shape index (κ3) is 1.83. The number of fused-ring (bicyclic) bond motifs is 1. The highest BCUT2D eigenvalue weighted by molar-refractivity contribution is 6.10. The molecule has 2 amide bonds. The minimum Gasteiger partial charge on any atom is -0.314 e. The lowest BCUT2D eigenvalue weighted by atomic mass is 9.89. The Labute approximate surface area is 114 Å². The van der Waals surface area contributed by atoms with Crippen molar-refractivity contribution in [2.24, 2.45) is 17.3 Å². The molecule has 0 aromatic rings. The van der Waals surface area contributed by atoms with Crippen LogP contribution in [0, 0.1) is 17.3 Å². The average molecular weight is 264 g/mol. The molecular weight excluding hydrogens is 240 g/mol. The topological polar surface area (TPSA) is 49.4 Å². The maximum absolute atomic E-state index is 12.4. The van der Waals surface area contributed by atoms with Crippen molar-refractivity contribution in [3.63, 3.8) is 0 Å². The number of piperidine rings is 1. The molecule has 0 bridgehead atoms. The molecule has 2 saturated carbocycles. The Morgan fingerprint density at radius 3 is 2.11 bits per heavy atom. The Morgan fingerprint density at radius 2 is 1.63 bits per heavy atom. The summed E-state index contributed by atoms with van der Waals surface area (Å²) >= 11 is 0. The van der Waals surface area contributed by atoms with Gasteiger partial charge in [-0.15, -0.1) is 0 Å². The molecule has 1 heterocycles. The van der Waals surface area contributed by atoms with E-state index in [0.717, 1.165) is 32.2 Å². The second kappa shape index (κ2) is 4.30. The Kier molecular flexibility index (Phi) is 2.97. The van der Waals surface area contributed by atoms with E-state index >= 15 is 0 Å². The number of nitrogens with zero attached hydrogens (tertiary/aromatic N) is 1. The fourth-order valence-electron chi connectivity index (χ4n) is 4.15. The number of likely N-dealkylation sites (tertiary alicyclic amines) is 1. The molecule has 3 rings (SSSR count). The number of hydrogen-bond acceptors (Lipinski definition) is 3. The van der Waals surface area contributed by atoms with E-state index in [9.17, 15) is 9.59 Å². The van der Waals surface area contributed by atoms with E-state index in [4.69, 9.17) is 0 Å². The molecule has 0 radical (unpaired) electrons. The summed E-state index contributed by atoms with van der Waals surface area (Å²) < 4.78 is 0. The van der Waals surface area contributed by atoms with Crippen LogP contribution in [-0.4, -0.2) is 35.3 Å². The number of amides is 2. The van der Waals surface area contributed by atoms with Crippen LogP contribution in [0.4, 0.5) is 0 Å². The van der Waals surface area contributed by atoms with E-state index in [1.807, 2.05) is 13.8 Å². The highest BCUT2D eigenvalue weighted by atomic mass is 16.2. The lowest BCUT2D eigenvalue weighted by Crippen LogP contribution is -2.47. The fraction of sp³-hybridized carbons (Fsp3) is 0.867. The summed E-state index contributed by atoms with van der Waals surface area (Å²) in [5.74, 6) is 0.164. The monoisotopic (exact) mass is 264 g/mol. The fourth-order valence-corrected chi connectivity index (χ4v) is 4.15. The second-order valence-corrected chi connectivity index (χ2v) is 6.89. The van der Waals surface area contributed by atoms with Crippen LogP contribution in [0.3, 0.4) is 0 Å². The van der Waals surface area contributed by atoms with Gasteiger partial charge < -0.3 is 5.32 Å². The molecule has 4 heteroatoms. The molecule has 0 spiro atoms. The van der Waals surface area contributed by atoms with Gasteiger partial charge in [0.05, 0.1) is 11.8 Å². The summed E-state index contributed by atoms with van der Waals surface area (Å²) in [4.78, 5) is 26.4. The van der Waals surface area contributed by atoms with Crippen molar-refractivity contribution in [3.8, 4) is 0 Å². The Hall–Kier alpha value is -0.900. The Bertz CT molecular complexity index is 386. The number of imide groups is 1. The van der Waals surface area contributed by atoms with E-state index < -0.39 is 0 Å². The molecule has 19 heavy (non-hydrogen) atoms. The normalized spacial score (nSPS) is 40.5. The maximum Gasteiger partial charge on any atom is 0.233 e. The summed E-state index contributed by atoms with van der Waals surface area (Å²) in [6, 6.07) is 0.735. The first-order valence-corrected chi connectivity index (χ1v) is 7.58. The average Bonchev–Trinajstić information content (AvgIpc) is 2.82. The summed E-state index contributed by atoms with van der Waals surface area (Å²) in [7, 11) is 0. The zero-order valence-electron chi connectivity index (χ0n) is 12.1. The highest BCUT2D eigenvalue weighted by Crippen LogP contribution is 2.63. The smallest absolute Gasteiger partial charge is 0.233 e. The molecule has 2 atom stereocenters. The molecule has 3 fully saturated rings. The van der Waals surface area contributed by atoms with Gasteiger partial charge in [-0.05, 0) is 37.6 Å². The lowest BCUT2D eigenvalue weighted by Gasteiger charge is -2.35. The molecular formula is C15H24N2O2. The molecule has 1 aliphatic heterocycles. The summed E-state index contributed by atoms with van der Waals surface area (Å²) in [6.07, 6.45) is 4.09. The number of carbonyl (C=O) groups is 2. The van der Waals surface area contributed by atoms with Crippen molar-refractivity contribution in [3.05, 3.63) is 0 Å². The van der Waals surface area contributed by atoms with E-state index in [-0.39, 0.29) is 35.1 Å². The van der Waals surface area contributed by atoms with Gasteiger partial charge in [-0.25, -0.2) is 0 Å². The molecule has 0 aromatic heterocycles. The van der Waals surface area contributed by atoms with Gasteiger partial charge in [0, 0.05) is 12.1 Å². The van der Waals surface area contributed by atoms with Gasteiger partial charge >= 0.3 is 0 Å². The second-order valence-electron chi connectivity index (χ2n) is 6.89. The zero-order valence-corrected chi connectivity index (χ0v) is 12.1. The van der Waals surface area contributed by atoms with Crippen molar-refractivity contribution in [2.45, 2.75) is 58.5 Å². The van der Waals surface area contributed by atoms with Crippen molar-refractivity contribution in [1.29, 1.82) is 0 Å². The molecule has 4 nitrogen and oxygen atoms in total.